The van der Waals surface area contributed by atoms with Gasteiger partial charge < -0.3 is 15.0 Å². The van der Waals surface area contributed by atoms with Gasteiger partial charge in [0.1, 0.15) is 22.2 Å². The van der Waals surface area contributed by atoms with Gasteiger partial charge in [-0.3, -0.25) is 19.9 Å². The van der Waals surface area contributed by atoms with Crippen molar-refractivity contribution in [2.45, 2.75) is 64.3 Å². The molecule has 0 saturated carbocycles. The Bertz CT molecular complexity index is 1290. The van der Waals surface area contributed by atoms with Crippen LogP contribution in [0.2, 0.25) is 0 Å². The van der Waals surface area contributed by atoms with E-state index in [4.69, 9.17) is 4.74 Å². The predicted molar refractivity (Wildman–Crippen MR) is 154 cm³/mol. The lowest BCUT2D eigenvalue weighted by atomic mass is 9.71. The molecule has 0 aromatic carbocycles. The average Bonchev–Trinajstić information content (AvgIpc) is 3.68. The highest BCUT2D eigenvalue weighted by atomic mass is 32.1. The number of carbonyl (C=O) groups excluding carboxylic acids is 2. The van der Waals surface area contributed by atoms with Crippen LogP contribution in [0.5, 0.6) is 0 Å². The second-order valence-corrected chi connectivity index (χ2v) is 12.9. The fourth-order valence-electron chi connectivity index (χ4n) is 7.05. The van der Waals surface area contributed by atoms with Crippen LogP contribution in [0.1, 0.15) is 55.1 Å². The van der Waals surface area contributed by atoms with Crippen molar-refractivity contribution in [1.82, 2.24) is 25.0 Å². The molecule has 39 heavy (non-hydrogen) atoms. The molecule has 9 nitrogen and oxygen atoms in total. The predicted octanol–water partition coefficient (Wildman–Crippen LogP) is 4.05. The molecule has 2 unspecified atom stereocenters. The zero-order chi connectivity index (χ0) is 27.3. The lowest BCUT2D eigenvalue weighted by molar-refractivity contribution is -0.000725. The Morgan fingerprint density at radius 1 is 1.21 bits per heavy atom. The van der Waals surface area contributed by atoms with Crippen molar-refractivity contribution in [2.75, 3.05) is 51.6 Å². The van der Waals surface area contributed by atoms with E-state index in [0.29, 0.717) is 22.7 Å². The molecule has 3 atom stereocenters. The van der Waals surface area contributed by atoms with Crippen LogP contribution in [0.15, 0.2) is 24.3 Å². The first-order valence-electron chi connectivity index (χ1n) is 14.2. The summed E-state index contributed by atoms with van der Waals surface area (Å²) >= 11 is 1.36. The van der Waals surface area contributed by atoms with Crippen LogP contribution in [-0.2, 0) is 4.74 Å². The van der Waals surface area contributed by atoms with Crippen LogP contribution in [0, 0.1) is 12.3 Å². The highest BCUT2D eigenvalue weighted by Crippen LogP contribution is 2.52. The monoisotopic (exact) mass is 552 g/mol. The Hall–Kier alpha value is -2.53. The summed E-state index contributed by atoms with van der Waals surface area (Å²) in [6, 6.07) is 4.03. The van der Waals surface area contributed by atoms with Crippen molar-refractivity contribution >= 4 is 38.5 Å². The van der Waals surface area contributed by atoms with Crippen molar-refractivity contribution in [1.29, 1.82) is 0 Å². The highest BCUT2D eigenvalue weighted by molar-refractivity contribution is 7.23. The van der Waals surface area contributed by atoms with E-state index in [1.807, 2.05) is 24.0 Å². The molecule has 6 rings (SSSR count). The van der Waals surface area contributed by atoms with Gasteiger partial charge >= 0.3 is 6.03 Å². The van der Waals surface area contributed by atoms with Gasteiger partial charge in [0.25, 0.3) is 5.91 Å². The summed E-state index contributed by atoms with van der Waals surface area (Å²) < 4.78 is 6.27. The number of thiophene rings is 1. The number of piperidine rings is 3. The summed E-state index contributed by atoms with van der Waals surface area (Å²) in [5.74, 6) is -0.0222. The third kappa shape index (κ3) is 5.08. The van der Waals surface area contributed by atoms with E-state index in [1.54, 1.807) is 7.05 Å². The molecule has 4 saturated heterocycles. The molecule has 2 N–H and O–H groups in total. The van der Waals surface area contributed by atoms with Crippen LogP contribution in [0.25, 0.3) is 10.2 Å². The second kappa shape index (κ2) is 10.5. The number of ether oxygens (including phenoxy) is 1. The second-order valence-electron chi connectivity index (χ2n) is 11.9. The minimum Gasteiger partial charge on any atom is -0.352 e. The summed E-state index contributed by atoms with van der Waals surface area (Å²) in [4.78, 5) is 38.5. The van der Waals surface area contributed by atoms with E-state index >= 15 is 0 Å². The fraction of sp³-hybridized carbons (Fsp3) is 0.621. The van der Waals surface area contributed by atoms with Gasteiger partial charge in [0.2, 0.25) is 0 Å². The van der Waals surface area contributed by atoms with E-state index in [1.165, 1.54) is 36.2 Å². The van der Waals surface area contributed by atoms with Gasteiger partial charge in [0.15, 0.2) is 0 Å². The minimum absolute atomic E-state index is 0.0222. The Kier molecular flexibility index (Phi) is 7.16. The van der Waals surface area contributed by atoms with Crippen molar-refractivity contribution in [3.05, 3.63) is 35.5 Å². The molecule has 4 aliphatic heterocycles. The Morgan fingerprint density at radius 2 is 2.00 bits per heavy atom. The van der Waals surface area contributed by atoms with E-state index in [9.17, 15) is 9.59 Å². The van der Waals surface area contributed by atoms with Crippen LogP contribution in [0.4, 0.5) is 9.80 Å². The molecule has 2 aromatic rings. The average molecular weight is 553 g/mol. The summed E-state index contributed by atoms with van der Waals surface area (Å²) in [5, 5.41) is 6.81. The molecule has 2 aromatic heterocycles. The molecule has 3 amide bonds. The van der Waals surface area contributed by atoms with E-state index < -0.39 is 0 Å². The number of hydrogen-bond acceptors (Lipinski definition) is 7. The smallest absolute Gasteiger partial charge is 0.319 e. The number of hydrogen-bond donors (Lipinski definition) is 2. The number of anilines is 1. The first kappa shape index (κ1) is 26.7. The van der Waals surface area contributed by atoms with Gasteiger partial charge in [-0.15, -0.1) is 0 Å². The molecule has 4 fully saturated rings. The van der Waals surface area contributed by atoms with Gasteiger partial charge in [0, 0.05) is 62.3 Å². The molecule has 1 spiro atoms. The number of rotatable bonds is 5. The number of carbonyl (C=O) groups is 2. The van der Waals surface area contributed by atoms with Gasteiger partial charge in [-0.05, 0) is 64.6 Å². The first-order chi connectivity index (χ1) is 18.8. The number of nitrogens with one attached hydrogen (secondary N) is 2. The summed E-state index contributed by atoms with van der Waals surface area (Å²) in [7, 11) is 1.57. The van der Waals surface area contributed by atoms with Crippen LogP contribution >= 0.6 is 11.3 Å². The van der Waals surface area contributed by atoms with E-state index in [0.717, 1.165) is 68.0 Å². The molecule has 4 aliphatic rings. The third-order valence-electron chi connectivity index (χ3n) is 9.07. The number of amides is 3. The number of nitrogens with zero attached hydrogens (tertiary/aromatic N) is 4. The maximum absolute atomic E-state index is 13.8. The fourth-order valence-corrected chi connectivity index (χ4v) is 8.16. The van der Waals surface area contributed by atoms with Gasteiger partial charge in [0.05, 0.1) is 5.56 Å². The summed E-state index contributed by atoms with van der Waals surface area (Å²) in [6.07, 6.45) is 6.22. The number of fused-ring (bicyclic) bond motifs is 3. The molecule has 10 heteroatoms. The summed E-state index contributed by atoms with van der Waals surface area (Å²) in [6.45, 7) is 13.8. The SMILES string of the molecule is C=C(C)CN1CCC2(CCCN(C3CCN(C(=O)c4c(NC(=O)NC)sc5nc(C)ccc45)CC3)C2)[C@@H]2OC21. The third-order valence-corrected chi connectivity index (χ3v) is 10.1. The lowest BCUT2D eigenvalue weighted by Crippen LogP contribution is -2.56. The maximum Gasteiger partial charge on any atom is 0.319 e. The normalized spacial score (nSPS) is 27.9. The van der Waals surface area contributed by atoms with Gasteiger partial charge in [-0.25, -0.2) is 9.78 Å². The molecular weight excluding hydrogens is 512 g/mol. The number of pyridine rings is 1. The maximum atomic E-state index is 13.8. The van der Waals surface area contributed by atoms with Crippen molar-refractivity contribution in [3.8, 4) is 0 Å². The number of aryl methyl sites for hydroxylation is 1. The highest BCUT2D eigenvalue weighted by Gasteiger charge is 2.61. The van der Waals surface area contributed by atoms with Crippen LogP contribution < -0.4 is 10.6 Å². The standard InChI is InChI=1S/C29H40N6O3S/c1-18(2)16-34-15-11-29(23-27(34)38-23)10-5-12-35(17-29)20-8-13-33(14-9-20)26(36)22-21-7-6-19(3)31-24(21)39-25(22)32-28(37)30-4/h6-7,20,23,27H,1,5,8-17H2,2-4H3,(H2,30,32,37)/t23-,27?,29?/m1/s1. The Morgan fingerprint density at radius 3 is 2.74 bits per heavy atom. The number of epoxide rings is 1. The molecular formula is C29H40N6O3S. The summed E-state index contributed by atoms with van der Waals surface area (Å²) in [5.41, 5.74) is 2.91. The van der Waals surface area contributed by atoms with E-state index in [-0.39, 0.29) is 23.6 Å². The number of likely N-dealkylation sites (tertiary alicyclic amines) is 3. The largest absolute Gasteiger partial charge is 0.352 e. The van der Waals surface area contributed by atoms with E-state index in [2.05, 4.69) is 38.9 Å². The first-order valence-corrected chi connectivity index (χ1v) is 15.1. The zero-order valence-corrected chi connectivity index (χ0v) is 24.1. The van der Waals surface area contributed by atoms with Crippen LogP contribution in [0.3, 0.4) is 0 Å². The van der Waals surface area contributed by atoms with Crippen molar-refractivity contribution < 1.29 is 14.3 Å². The van der Waals surface area contributed by atoms with Crippen molar-refractivity contribution in [3.63, 3.8) is 0 Å². The molecule has 0 aliphatic carbocycles. The lowest BCUT2D eigenvalue weighted by Gasteiger charge is -2.49. The zero-order valence-electron chi connectivity index (χ0n) is 23.3. The number of urea groups is 1. The van der Waals surface area contributed by atoms with Gasteiger partial charge in [-0.2, -0.15) is 0 Å². The Balaban J connectivity index is 1.12. The molecule has 0 radical (unpaired) electrons. The molecule has 210 valence electrons. The number of aromatic nitrogens is 1. The van der Waals surface area contributed by atoms with Crippen LogP contribution in [-0.4, -0.2) is 96.3 Å². The van der Waals surface area contributed by atoms with Crippen molar-refractivity contribution in [2.24, 2.45) is 5.41 Å². The molecule has 6 heterocycles. The molecule has 0 bridgehead atoms. The topological polar surface area (TPSA) is 93.3 Å². The Labute approximate surface area is 234 Å². The minimum atomic E-state index is -0.336. The van der Waals surface area contributed by atoms with Gasteiger partial charge in [-0.1, -0.05) is 23.5 Å². The quantitative estimate of drug-likeness (QED) is 0.430.